The molecule has 2 aliphatic rings. The lowest BCUT2D eigenvalue weighted by Gasteiger charge is -2.41. The van der Waals surface area contributed by atoms with Gasteiger partial charge in [0.1, 0.15) is 0 Å². The van der Waals surface area contributed by atoms with E-state index in [2.05, 4.69) is 12.2 Å². The number of piperidine rings is 1. The summed E-state index contributed by atoms with van der Waals surface area (Å²) in [5.74, 6) is 0.128. The van der Waals surface area contributed by atoms with Crippen molar-refractivity contribution in [2.75, 3.05) is 19.6 Å². The van der Waals surface area contributed by atoms with Crippen molar-refractivity contribution in [2.45, 2.75) is 32.2 Å². The standard InChI is InChI=1S/C12H20N2O3/c1-8-2-3-13-10(4-8)12(17)14-6-9(7-14)5-11(15)16/h8-10,13H,2-7H2,1H3,(H,15,16). The molecule has 0 saturated carbocycles. The van der Waals surface area contributed by atoms with E-state index < -0.39 is 5.97 Å². The molecule has 0 bridgehead atoms. The highest BCUT2D eigenvalue weighted by Crippen LogP contribution is 2.23. The molecule has 2 atom stereocenters. The molecule has 2 aliphatic heterocycles. The highest BCUT2D eigenvalue weighted by molar-refractivity contribution is 5.83. The van der Waals surface area contributed by atoms with Gasteiger partial charge in [-0.25, -0.2) is 0 Å². The Kier molecular flexibility index (Phi) is 3.66. The van der Waals surface area contributed by atoms with Crippen molar-refractivity contribution in [3.8, 4) is 0 Å². The largest absolute Gasteiger partial charge is 0.481 e. The predicted octanol–water partition coefficient (Wildman–Crippen LogP) is 0.308. The maximum atomic E-state index is 12.1. The fourth-order valence-corrected chi connectivity index (χ4v) is 2.64. The molecule has 2 N–H and O–H groups in total. The van der Waals surface area contributed by atoms with Crippen LogP contribution in [0.1, 0.15) is 26.2 Å². The summed E-state index contributed by atoms with van der Waals surface area (Å²) in [5.41, 5.74) is 0. The molecule has 0 aromatic heterocycles. The van der Waals surface area contributed by atoms with Crippen molar-refractivity contribution in [1.29, 1.82) is 0 Å². The second kappa shape index (κ2) is 5.04. The van der Waals surface area contributed by atoms with Crippen LogP contribution < -0.4 is 5.32 Å². The number of hydrogen-bond donors (Lipinski definition) is 2. The normalized spacial score (nSPS) is 29.8. The minimum atomic E-state index is -0.772. The Morgan fingerprint density at radius 2 is 2.12 bits per heavy atom. The summed E-state index contributed by atoms with van der Waals surface area (Å²) < 4.78 is 0. The first kappa shape index (κ1) is 12.4. The smallest absolute Gasteiger partial charge is 0.303 e. The van der Waals surface area contributed by atoms with Crippen LogP contribution in [0.3, 0.4) is 0 Å². The fourth-order valence-electron chi connectivity index (χ4n) is 2.64. The molecular formula is C12H20N2O3. The molecule has 2 rings (SSSR count). The second-order valence-electron chi connectivity index (χ2n) is 5.34. The van der Waals surface area contributed by atoms with E-state index in [1.807, 2.05) is 0 Å². The lowest BCUT2D eigenvalue weighted by atomic mass is 9.90. The van der Waals surface area contributed by atoms with Gasteiger partial charge in [-0.1, -0.05) is 6.92 Å². The van der Waals surface area contributed by atoms with Gasteiger partial charge in [-0.15, -0.1) is 0 Å². The maximum absolute atomic E-state index is 12.1. The van der Waals surface area contributed by atoms with Crippen LogP contribution in [0.25, 0.3) is 0 Å². The molecule has 0 aromatic carbocycles. The molecule has 5 nitrogen and oxygen atoms in total. The van der Waals surface area contributed by atoms with Crippen LogP contribution in [-0.2, 0) is 9.59 Å². The number of nitrogens with zero attached hydrogens (tertiary/aromatic N) is 1. The Morgan fingerprint density at radius 3 is 2.71 bits per heavy atom. The van der Waals surface area contributed by atoms with Gasteiger partial charge in [-0.2, -0.15) is 0 Å². The van der Waals surface area contributed by atoms with E-state index in [0.717, 1.165) is 19.4 Å². The first-order valence-electron chi connectivity index (χ1n) is 6.30. The Labute approximate surface area is 101 Å². The summed E-state index contributed by atoms with van der Waals surface area (Å²) in [6.45, 7) is 4.30. The van der Waals surface area contributed by atoms with E-state index in [1.54, 1.807) is 4.90 Å². The molecule has 0 aliphatic carbocycles. The number of carboxylic acid groups (broad SMARTS) is 1. The van der Waals surface area contributed by atoms with Crippen LogP contribution in [0, 0.1) is 11.8 Å². The first-order valence-corrected chi connectivity index (χ1v) is 6.30. The number of amides is 1. The van der Waals surface area contributed by atoms with Gasteiger partial charge in [-0.05, 0) is 25.3 Å². The molecule has 96 valence electrons. The highest BCUT2D eigenvalue weighted by atomic mass is 16.4. The summed E-state index contributed by atoms with van der Waals surface area (Å²) >= 11 is 0. The molecule has 2 fully saturated rings. The average Bonchev–Trinajstić information content (AvgIpc) is 2.21. The van der Waals surface area contributed by atoms with E-state index in [9.17, 15) is 9.59 Å². The molecule has 0 spiro atoms. The Balaban J connectivity index is 1.76. The molecule has 0 aromatic rings. The third-order valence-corrected chi connectivity index (χ3v) is 3.70. The molecule has 5 heteroatoms. The molecule has 2 saturated heterocycles. The summed E-state index contributed by atoms with van der Waals surface area (Å²) in [7, 11) is 0. The van der Waals surface area contributed by atoms with E-state index in [-0.39, 0.29) is 24.3 Å². The van der Waals surface area contributed by atoms with Gasteiger partial charge in [0.25, 0.3) is 0 Å². The van der Waals surface area contributed by atoms with Crippen LogP contribution in [0.4, 0.5) is 0 Å². The maximum Gasteiger partial charge on any atom is 0.303 e. The summed E-state index contributed by atoms with van der Waals surface area (Å²) in [6, 6.07) is -0.0514. The number of aliphatic carboxylic acids is 1. The van der Waals surface area contributed by atoms with Gasteiger partial charge >= 0.3 is 5.97 Å². The first-order chi connectivity index (χ1) is 8.06. The Hall–Kier alpha value is -1.10. The predicted molar refractivity (Wildman–Crippen MR) is 62.5 cm³/mol. The molecule has 17 heavy (non-hydrogen) atoms. The van der Waals surface area contributed by atoms with Gasteiger partial charge in [0.15, 0.2) is 0 Å². The van der Waals surface area contributed by atoms with E-state index >= 15 is 0 Å². The SMILES string of the molecule is CC1CCNC(C(=O)N2CC(CC(=O)O)C2)C1. The van der Waals surface area contributed by atoms with Crippen molar-refractivity contribution in [2.24, 2.45) is 11.8 Å². The van der Waals surface area contributed by atoms with Crippen molar-refractivity contribution >= 4 is 11.9 Å². The number of nitrogens with one attached hydrogen (secondary N) is 1. The van der Waals surface area contributed by atoms with E-state index in [1.165, 1.54) is 0 Å². The van der Waals surface area contributed by atoms with Gasteiger partial charge in [0.05, 0.1) is 12.5 Å². The highest BCUT2D eigenvalue weighted by Gasteiger charge is 2.36. The molecular weight excluding hydrogens is 220 g/mol. The lowest BCUT2D eigenvalue weighted by molar-refractivity contribution is -0.146. The van der Waals surface area contributed by atoms with E-state index in [0.29, 0.717) is 19.0 Å². The number of likely N-dealkylation sites (tertiary alicyclic amines) is 1. The summed E-state index contributed by atoms with van der Waals surface area (Å²) in [5, 5.41) is 11.9. The van der Waals surface area contributed by atoms with Gasteiger partial charge in [-0.3, -0.25) is 9.59 Å². The minimum absolute atomic E-state index is 0.0514. The quantitative estimate of drug-likeness (QED) is 0.745. The van der Waals surface area contributed by atoms with Gasteiger partial charge in [0, 0.05) is 19.0 Å². The van der Waals surface area contributed by atoms with Crippen LogP contribution in [-0.4, -0.2) is 47.6 Å². The van der Waals surface area contributed by atoms with Crippen molar-refractivity contribution in [1.82, 2.24) is 10.2 Å². The monoisotopic (exact) mass is 240 g/mol. The van der Waals surface area contributed by atoms with Crippen molar-refractivity contribution in [3.63, 3.8) is 0 Å². The zero-order valence-corrected chi connectivity index (χ0v) is 10.2. The van der Waals surface area contributed by atoms with Crippen molar-refractivity contribution in [3.05, 3.63) is 0 Å². The van der Waals surface area contributed by atoms with Crippen molar-refractivity contribution < 1.29 is 14.7 Å². The van der Waals surface area contributed by atoms with Crippen LogP contribution in [0.15, 0.2) is 0 Å². The summed E-state index contributed by atoms with van der Waals surface area (Å²) in [6.07, 6.45) is 2.21. The third-order valence-electron chi connectivity index (χ3n) is 3.70. The molecule has 0 radical (unpaired) electrons. The number of carbonyl (C=O) groups excluding carboxylic acids is 1. The zero-order valence-electron chi connectivity index (χ0n) is 10.2. The molecule has 1 amide bonds. The zero-order chi connectivity index (χ0) is 12.4. The van der Waals surface area contributed by atoms with Crippen LogP contribution >= 0.6 is 0 Å². The minimum Gasteiger partial charge on any atom is -0.481 e. The van der Waals surface area contributed by atoms with Crippen LogP contribution in [0.5, 0.6) is 0 Å². The van der Waals surface area contributed by atoms with E-state index in [4.69, 9.17) is 5.11 Å². The number of hydrogen-bond acceptors (Lipinski definition) is 3. The topological polar surface area (TPSA) is 69.6 Å². The molecule has 2 unspecified atom stereocenters. The Bertz CT molecular complexity index is 313. The molecule has 2 heterocycles. The van der Waals surface area contributed by atoms with Gasteiger partial charge < -0.3 is 15.3 Å². The number of carboxylic acids is 1. The van der Waals surface area contributed by atoms with Crippen LogP contribution in [0.2, 0.25) is 0 Å². The Morgan fingerprint density at radius 1 is 1.41 bits per heavy atom. The van der Waals surface area contributed by atoms with Gasteiger partial charge in [0.2, 0.25) is 5.91 Å². The second-order valence-corrected chi connectivity index (χ2v) is 5.34. The number of rotatable bonds is 3. The third kappa shape index (κ3) is 2.97. The lowest BCUT2D eigenvalue weighted by Crippen LogP contribution is -2.57. The number of carbonyl (C=O) groups is 2. The fraction of sp³-hybridized carbons (Fsp3) is 0.833. The average molecular weight is 240 g/mol. The summed E-state index contributed by atoms with van der Waals surface area (Å²) in [4.78, 5) is 24.4.